The topological polar surface area (TPSA) is 80.2 Å². The van der Waals surface area contributed by atoms with Crippen molar-refractivity contribution in [3.05, 3.63) is 65.9 Å². The van der Waals surface area contributed by atoms with Gasteiger partial charge in [0.2, 0.25) is 0 Å². The number of pyridine rings is 1. The van der Waals surface area contributed by atoms with Gasteiger partial charge in [0.15, 0.2) is 5.82 Å². The number of nitrogens with zero attached hydrogens (tertiary/aromatic N) is 4. The van der Waals surface area contributed by atoms with Gasteiger partial charge in [0.25, 0.3) is 0 Å². The van der Waals surface area contributed by atoms with Crippen molar-refractivity contribution in [2.45, 2.75) is 26.2 Å². The Morgan fingerprint density at radius 3 is 2.44 bits per heavy atom. The number of ether oxygens (including phenoxy) is 1. The van der Waals surface area contributed by atoms with E-state index in [9.17, 15) is 4.79 Å². The number of aromatic nitrogens is 3. The van der Waals surface area contributed by atoms with Crippen molar-refractivity contribution >= 4 is 30.0 Å². The zero-order valence-electron chi connectivity index (χ0n) is 18.2. The third-order valence-corrected chi connectivity index (χ3v) is 5.29. The van der Waals surface area contributed by atoms with Crippen LogP contribution < -0.4 is 10.2 Å². The molecule has 0 bridgehead atoms. The molecule has 32 heavy (non-hydrogen) atoms. The lowest BCUT2D eigenvalue weighted by molar-refractivity contribution is -0.142. The summed E-state index contributed by atoms with van der Waals surface area (Å²) in [6, 6.07) is 16.3. The second kappa shape index (κ2) is 11.4. The molecule has 0 amide bonds. The molecule has 0 radical (unpaired) electrons. The van der Waals surface area contributed by atoms with Crippen LogP contribution in [0.15, 0.2) is 54.7 Å². The first-order valence-corrected chi connectivity index (χ1v) is 10.7. The fraction of sp³-hybridized carbons (Fsp3) is 0.333. The SMILES string of the molecule is CCOC(=O)CCNc1cc(N2CCc3ccccc3CC2)nc(-c2ccccn2)n1.Cl. The number of rotatable bonds is 7. The van der Waals surface area contributed by atoms with E-state index < -0.39 is 0 Å². The molecule has 1 N–H and O–H groups in total. The lowest BCUT2D eigenvalue weighted by Gasteiger charge is -2.22. The van der Waals surface area contributed by atoms with Crippen LogP contribution in [0.4, 0.5) is 11.6 Å². The number of carbonyl (C=O) groups is 1. The van der Waals surface area contributed by atoms with E-state index >= 15 is 0 Å². The third kappa shape index (κ3) is 5.95. The number of hydrogen-bond donors (Lipinski definition) is 1. The van der Waals surface area contributed by atoms with E-state index in [1.165, 1.54) is 11.1 Å². The molecule has 3 heterocycles. The normalized spacial score (nSPS) is 12.8. The molecular weight excluding hydrogens is 426 g/mol. The molecule has 0 spiro atoms. The molecule has 0 atom stereocenters. The predicted molar refractivity (Wildman–Crippen MR) is 128 cm³/mol. The highest BCUT2D eigenvalue weighted by Gasteiger charge is 2.17. The summed E-state index contributed by atoms with van der Waals surface area (Å²) in [4.78, 5) is 27.8. The Balaban J connectivity index is 0.00000289. The van der Waals surface area contributed by atoms with Gasteiger partial charge in [-0.2, -0.15) is 0 Å². The molecule has 1 aromatic carbocycles. The van der Waals surface area contributed by atoms with Gasteiger partial charge in [0.05, 0.1) is 13.0 Å². The van der Waals surface area contributed by atoms with E-state index in [4.69, 9.17) is 9.72 Å². The van der Waals surface area contributed by atoms with E-state index in [0.29, 0.717) is 24.8 Å². The number of anilines is 2. The Kier molecular flexibility index (Phi) is 8.39. The summed E-state index contributed by atoms with van der Waals surface area (Å²) >= 11 is 0. The Morgan fingerprint density at radius 1 is 1.06 bits per heavy atom. The first-order chi connectivity index (χ1) is 15.2. The van der Waals surface area contributed by atoms with Crippen molar-refractivity contribution in [3.8, 4) is 11.5 Å². The number of hydrogen-bond acceptors (Lipinski definition) is 7. The monoisotopic (exact) mass is 453 g/mol. The average molecular weight is 454 g/mol. The zero-order chi connectivity index (χ0) is 21.5. The molecule has 0 aliphatic carbocycles. The number of fused-ring (bicyclic) bond motifs is 1. The molecule has 0 unspecified atom stereocenters. The van der Waals surface area contributed by atoms with Gasteiger partial charge in [-0.1, -0.05) is 30.3 Å². The van der Waals surface area contributed by atoms with Crippen LogP contribution >= 0.6 is 12.4 Å². The van der Waals surface area contributed by atoms with Crippen LogP contribution in [0, 0.1) is 0 Å². The summed E-state index contributed by atoms with van der Waals surface area (Å²) in [5, 5.41) is 3.25. The van der Waals surface area contributed by atoms with Crippen LogP contribution in [0.25, 0.3) is 11.5 Å². The fourth-order valence-corrected chi connectivity index (χ4v) is 3.72. The first-order valence-electron chi connectivity index (χ1n) is 10.7. The number of esters is 1. The number of carbonyl (C=O) groups excluding carboxylic acids is 1. The number of halogens is 1. The minimum atomic E-state index is -0.223. The minimum absolute atomic E-state index is 0. The van der Waals surface area contributed by atoms with Crippen LogP contribution in [-0.2, 0) is 22.4 Å². The molecule has 1 aliphatic heterocycles. The lowest BCUT2D eigenvalue weighted by Crippen LogP contribution is -2.27. The Hall–Kier alpha value is -3.19. The maximum Gasteiger partial charge on any atom is 0.307 e. The van der Waals surface area contributed by atoms with Crippen LogP contribution in [0.1, 0.15) is 24.5 Å². The molecule has 8 heteroatoms. The minimum Gasteiger partial charge on any atom is -0.466 e. The largest absolute Gasteiger partial charge is 0.466 e. The Morgan fingerprint density at radius 2 is 1.78 bits per heavy atom. The smallest absolute Gasteiger partial charge is 0.307 e. The maximum atomic E-state index is 11.7. The van der Waals surface area contributed by atoms with Crippen molar-refractivity contribution in [1.82, 2.24) is 15.0 Å². The second-order valence-electron chi connectivity index (χ2n) is 7.39. The lowest BCUT2D eigenvalue weighted by atomic mass is 10.0. The van der Waals surface area contributed by atoms with Gasteiger partial charge >= 0.3 is 5.97 Å². The van der Waals surface area contributed by atoms with Gasteiger partial charge in [-0.05, 0) is 43.0 Å². The summed E-state index contributed by atoms with van der Waals surface area (Å²) in [7, 11) is 0. The van der Waals surface area contributed by atoms with E-state index in [1.54, 1.807) is 13.1 Å². The van der Waals surface area contributed by atoms with E-state index in [1.807, 2.05) is 24.3 Å². The molecule has 2 aromatic heterocycles. The number of nitrogens with one attached hydrogen (secondary N) is 1. The summed E-state index contributed by atoms with van der Waals surface area (Å²) < 4.78 is 5.01. The quantitative estimate of drug-likeness (QED) is 0.543. The second-order valence-corrected chi connectivity index (χ2v) is 7.39. The van der Waals surface area contributed by atoms with Crippen LogP contribution in [0.2, 0.25) is 0 Å². The van der Waals surface area contributed by atoms with Gasteiger partial charge in [-0.25, -0.2) is 9.97 Å². The van der Waals surface area contributed by atoms with E-state index in [0.717, 1.165) is 37.4 Å². The maximum absolute atomic E-state index is 11.7. The van der Waals surface area contributed by atoms with Crippen molar-refractivity contribution in [2.75, 3.05) is 36.5 Å². The predicted octanol–water partition coefficient (Wildman–Crippen LogP) is 3.93. The molecule has 0 fully saturated rings. The Bertz CT molecular complexity index is 1000. The van der Waals surface area contributed by atoms with Crippen molar-refractivity contribution in [3.63, 3.8) is 0 Å². The summed E-state index contributed by atoms with van der Waals surface area (Å²) in [5.41, 5.74) is 3.52. The Labute approximate surface area is 194 Å². The number of benzene rings is 1. The van der Waals surface area contributed by atoms with Gasteiger partial charge in [0.1, 0.15) is 17.3 Å². The standard InChI is InChI=1S/C24H27N5O2.ClH/c1-2-31-23(30)10-14-26-21-17-22(28-24(27-21)20-9-5-6-13-25-20)29-15-11-18-7-3-4-8-19(18)12-16-29;/h3-9,13,17H,2,10-12,14-16H2,1H3,(H,26,27,28);1H. The van der Waals surface area contributed by atoms with Crippen LogP contribution in [0.3, 0.4) is 0 Å². The van der Waals surface area contributed by atoms with E-state index in [2.05, 4.69) is 44.5 Å². The van der Waals surface area contributed by atoms with Crippen LogP contribution in [0.5, 0.6) is 0 Å². The fourth-order valence-electron chi connectivity index (χ4n) is 3.72. The van der Waals surface area contributed by atoms with Gasteiger partial charge in [0, 0.05) is 31.9 Å². The summed E-state index contributed by atoms with van der Waals surface area (Å²) in [5.74, 6) is 1.89. The van der Waals surface area contributed by atoms with Crippen LogP contribution in [-0.4, -0.2) is 47.2 Å². The van der Waals surface area contributed by atoms with Crippen molar-refractivity contribution in [1.29, 1.82) is 0 Å². The van der Waals surface area contributed by atoms with Crippen molar-refractivity contribution < 1.29 is 9.53 Å². The molecule has 0 saturated heterocycles. The average Bonchev–Trinajstić information content (AvgIpc) is 3.02. The zero-order valence-corrected chi connectivity index (χ0v) is 19.0. The molecule has 3 aromatic rings. The van der Waals surface area contributed by atoms with Crippen molar-refractivity contribution in [2.24, 2.45) is 0 Å². The molecule has 7 nitrogen and oxygen atoms in total. The molecule has 168 valence electrons. The molecule has 1 aliphatic rings. The highest BCUT2D eigenvalue weighted by Crippen LogP contribution is 2.24. The molecular formula is C24H28ClN5O2. The van der Waals surface area contributed by atoms with Gasteiger partial charge in [-0.3, -0.25) is 9.78 Å². The summed E-state index contributed by atoms with van der Waals surface area (Å²) in [6.07, 6.45) is 3.97. The molecule has 4 rings (SSSR count). The van der Waals surface area contributed by atoms with Gasteiger partial charge < -0.3 is 15.0 Å². The van der Waals surface area contributed by atoms with Gasteiger partial charge in [-0.15, -0.1) is 12.4 Å². The third-order valence-electron chi connectivity index (χ3n) is 5.29. The summed E-state index contributed by atoms with van der Waals surface area (Å²) in [6.45, 7) is 4.41. The molecule has 0 saturated carbocycles. The highest BCUT2D eigenvalue weighted by atomic mass is 35.5. The highest BCUT2D eigenvalue weighted by molar-refractivity contribution is 5.85. The van der Waals surface area contributed by atoms with E-state index in [-0.39, 0.29) is 24.8 Å². The first kappa shape index (κ1) is 23.5.